The Morgan fingerprint density at radius 2 is 1.59 bits per heavy atom. The third-order valence-corrected chi connectivity index (χ3v) is 5.43. The van der Waals surface area contributed by atoms with Gasteiger partial charge >= 0.3 is 5.97 Å². The van der Waals surface area contributed by atoms with Crippen molar-refractivity contribution in [2.24, 2.45) is 0 Å². The molecule has 11 heteroatoms. The molecule has 1 amide bonds. The van der Waals surface area contributed by atoms with Crippen molar-refractivity contribution in [3.05, 3.63) is 93.9 Å². The molecule has 0 saturated carbocycles. The van der Waals surface area contributed by atoms with Gasteiger partial charge in [-0.05, 0) is 41.5 Å². The molecule has 0 aliphatic heterocycles. The fourth-order valence-electron chi connectivity index (χ4n) is 3.33. The van der Waals surface area contributed by atoms with E-state index >= 15 is 0 Å². The minimum atomic E-state index is -1.21. The van der Waals surface area contributed by atoms with Crippen molar-refractivity contribution in [2.45, 2.75) is 6.04 Å². The SMILES string of the molecule is O=C(O)CNC(=O)c1ncc(-c2cn(C(c3ccc(Cl)cc3)c3ccc(Cl)cc3)nn2)cc1O. The van der Waals surface area contributed by atoms with Crippen LogP contribution in [0.4, 0.5) is 0 Å². The molecule has 4 rings (SSSR count). The van der Waals surface area contributed by atoms with E-state index in [0.717, 1.165) is 11.1 Å². The van der Waals surface area contributed by atoms with Gasteiger partial charge in [0.25, 0.3) is 5.91 Å². The zero-order valence-electron chi connectivity index (χ0n) is 17.4. The number of carbonyl (C=O) groups excluding carboxylic acids is 1. The molecular formula is C23H17Cl2N5O4. The van der Waals surface area contributed by atoms with Crippen molar-refractivity contribution >= 4 is 35.1 Å². The van der Waals surface area contributed by atoms with Crippen molar-refractivity contribution in [3.63, 3.8) is 0 Å². The fraction of sp³-hybridized carbons (Fsp3) is 0.0870. The highest BCUT2D eigenvalue weighted by atomic mass is 35.5. The lowest BCUT2D eigenvalue weighted by atomic mass is 9.99. The summed E-state index contributed by atoms with van der Waals surface area (Å²) in [7, 11) is 0. The van der Waals surface area contributed by atoms with Crippen molar-refractivity contribution < 1.29 is 19.8 Å². The molecule has 0 spiro atoms. The van der Waals surface area contributed by atoms with Gasteiger partial charge in [0.2, 0.25) is 0 Å². The third kappa shape index (κ3) is 5.16. The number of benzene rings is 2. The first-order valence-electron chi connectivity index (χ1n) is 9.94. The molecule has 2 heterocycles. The zero-order chi connectivity index (χ0) is 24.2. The predicted molar refractivity (Wildman–Crippen MR) is 125 cm³/mol. The number of carbonyl (C=O) groups is 2. The van der Waals surface area contributed by atoms with Crippen LogP contribution in [0.5, 0.6) is 5.75 Å². The van der Waals surface area contributed by atoms with Crippen LogP contribution < -0.4 is 5.32 Å². The number of carboxylic acid groups (broad SMARTS) is 1. The summed E-state index contributed by atoms with van der Waals surface area (Å²) in [4.78, 5) is 26.6. The summed E-state index contributed by atoms with van der Waals surface area (Å²) < 4.78 is 1.66. The molecule has 0 unspecified atom stereocenters. The summed E-state index contributed by atoms with van der Waals surface area (Å²) in [5.41, 5.74) is 2.36. The molecule has 172 valence electrons. The molecule has 4 aromatic rings. The van der Waals surface area contributed by atoms with E-state index in [-0.39, 0.29) is 11.7 Å². The summed E-state index contributed by atoms with van der Waals surface area (Å²) in [5.74, 6) is -2.43. The first-order chi connectivity index (χ1) is 16.3. The normalized spacial score (nSPS) is 10.9. The number of pyridine rings is 1. The van der Waals surface area contributed by atoms with Gasteiger partial charge in [-0.3, -0.25) is 9.59 Å². The van der Waals surface area contributed by atoms with Crippen LogP contribution in [0.1, 0.15) is 27.7 Å². The molecule has 9 nitrogen and oxygen atoms in total. The maximum absolute atomic E-state index is 12.0. The number of amides is 1. The topological polar surface area (TPSA) is 130 Å². The minimum absolute atomic E-state index is 0.294. The highest BCUT2D eigenvalue weighted by molar-refractivity contribution is 6.30. The van der Waals surface area contributed by atoms with Crippen LogP contribution >= 0.6 is 23.2 Å². The van der Waals surface area contributed by atoms with Crippen molar-refractivity contribution in [1.29, 1.82) is 0 Å². The Kier molecular flexibility index (Phi) is 6.76. The number of nitrogens with zero attached hydrogens (tertiary/aromatic N) is 4. The largest absolute Gasteiger partial charge is 0.505 e. The van der Waals surface area contributed by atoms with E-state index < -0.39 is 24.2 Å². The van der Waals surface area contributed by atoms with Crippen LogP contribution in [0.2, 0.25) is 10.0 Å². The van der Waals surface area contributed by atoms with E-state index in [9.17, 15) is 14.7 Å². The lowest BCUT2D eigenvalue weighted by Crippen LogP contribution is -2.29. The molecule has 2 aromatic carbocycles. The van der Waals surface area contributed by atoms with Gasteiger partial charge in [-0.15, -0.1) is 5.10 Å². The van der Waals surface area contributed by atoms with Gasteiger partial charge in [0.05, 0.1) is 6.20 Å². The number of halogens is 2. The lowest BCUT2D eigenvalue weighted by Gasteiger charge is -2.18. The molecule has 0 radical (unpaired) electrons. The highest BCUT2D eigenvalue weighted by Crippen LogP contribution is 2.30. The van der Waals surface area contributed by atoms with E-state index in [2.05, 4.69) is 20.6 Å². The van der Waals surface area contributed by atoms with E-state index in [0.29, 0.717) is 21.3 Å². The number of aromatic hydroxyl groups is 1. The molecule has 34 heavy (non-hydrogen) atoms. The summed E-state index contributed by atoms with van der Waals surface area (Å²) >= 11 is 12.1. The third-order valence-electron chi connectivity index (χ3n) is 4.92. The smallest absolute Gasteiger partial charge is 0.322 e. The van der Waals surface area contributed by atoms with Gasteiger partial charge in [-0.1, -0.05) is 52.7 Å². The number of nitrogens with one attached hydrogen (secondary N) is 1. The van der Waals surface area contributed by atoms with Crippen LogP contribution in [0.25, 0.3) is 11.3 Å². The Morgan fingerprint density at radius 3 is 2.12 bits per heavy atom. The predicted octanol–water partition coefficient (Wildman–Crippen LogP) is 3.80. The van der Waals surface area contributed by atoms with E-state index in [1.807, 2.05) is 24.3 Å². The second kappa shape index (κ2) is 9.90. The van der Waals surface area contributed by atoms with Gasteiger partial charge < -0.3 is 15.5 Å². The van der Waals surface area contributed by atoms with E-state index in [4.69, 9.17) is 28.3 Å². The van der Waals surface area contributed by atoms with Gasteiger partial charge in [-0.2, -0.15) is 0 Å². The van der Waals surface area contributed by atoms with Crippen LogP contribution in [-0.4, -0.2) is 48.6 Å². The first-order valence-corrected chi connectivity index (χ1v) is 10.7. The second-order valence-corrected chi connectivity index (χ2v) is 8.13. The van der Waals surface area contributed by atoms with Crippen LogP contribution in [0.15, 0.2) is 67.0 Å². The number of aromatic nitrogens is 4. The standard InChI is InChI=1S/C23H17Cl2N5O4/c24-16-5-1-13(2-6-16)22(14-3-7-17(25)8-4-14)30-12-18(28-29-30)15-9-19(31)21(26-10-15)23(34)27-11-20(32)33/h1-10,12,22,31H,11H2,(H,27,34)(H,32,33). The van der Waals surface area contributed by atoms with Gasteiger partial charge in [-0.25, -0.2) is 9.67 Å². The van der Waals surface area contributed by atoms with E-state index in [1.54, 1.807) is 35.1 Å². The molecular weight excluding hydrogens is 481 g/mol. The maximum Gasteiger partial charge on any atom is 0.322 e. The molecule has 0 fully saturated rings. The summed E-state index contributed by atoms with van der Waals surface area (Å²) in [6, 6.07) is 15.7. The zero-order valence-corrected chi connectivity index (χ0v) is 18.9. The Labute approximate surface area is 203 Å². The molecule has 0 saturated heterocycles. The fourth-order valence-corrected chi connectivity index (χ4v) is 3.58. The Hall–Kier alpha value is -3.95. The number of carboxylic acids is 1. The van der Waals surface area contributed by atoms with Crippen LogP contribution in [-0.2, 0) is 4.79 Å². The van der Waals surface area contributed by atoms with Crippen molar-refractivity contribution in [3.8, 4) is 17.0 Å². The maximum atomic E-state index is 12.0. The molecule has 0 atom stereocenters. The number of hydrogen-bond donors (Lipinski definition) is 3. The molecule has 0 aliphatic carbocycles. The monoisotopic (exact) mass is 497 g/mol. The summed E-state index contributed by atoms with van der Waals surface area (Å²) in [6.07, 6.45) is 3.04. The second-order valence-electron chi connectivity index (χ2n) is 7.26. The molecule has 3 N–H and O–H groups in total. The molecule has 0 bridgehead atoms. The average Bonchev–Trinajstić information content (AvgIpc) is 3.30. The van der Waals surface area contributed by atoms with Gasteiger partial charge in [0.15, 0.2) is 5.69 Å². The van der Waals surface area contributed by atoms with Crippen LogP contribution in [0, 0.1) is 0 Å². The van der Waals surface area contributed by atoms with Gasteiger partial charge in [0.1, 0.15) is 24.0 Å². The Morgan fingerprint density at radius 1 is 1.00 bits per heavy atom. The first kappa shape index (κ1) is 23.2. The number of rotatable bonds is 7. The van der Waals surface area contributed by atoms with Crippen molar-refractivity contribution in [2.75, 3.05) is 6.54 Å². The summed E-state index contributed by atoms with van der Waals surface area (Å²) in [5, 5.41) is 30.8. The average molecular weight is 498 g/mol. The van der Waals surface area contributed by atoms with Crippen molar-refractivity contribution in [1.82, 2.24) is 25.3 Å². The van der Waals surface area contributed by atoms with Crippen LogP contribution in [0.3, 0.4) is 0 Å². The number of aliphatic carboxylic acids is 1. The quantitative estimate of drug-likeness (QED) is 0.353. The Balaban J connectivity index is 1.66. The molecule has 0 aliphatic rings. The lowest BCUT2D eigenvalue weighted by molar-refractivity contribution is -0.135. The number of hydrogen-bond acceptors (Lipinski definition) is 6. The molecule has 2 aromatic heterocycles. The summed E-state index contributed by atoms with van der Waals surface area (Å²) in [6.45, 7) is -0.590. The van der Waals surface area contributed by atoms with Gasteiger partial charge in [0, 0.05) is 21.8 Å². The van der Waals surface area contributed by atoms with E-state index in [1.165, 1.54) is 12.3 Å². The minimum Gasteiger partial charge on any atom is -0.505 e. The highest BCUT2D eigenvalue weighted by Gasteiger charge is 2.20. The Bertz CT molecular complexity index is 1290.